The van der Waals surface area contributed by atoms with Crippen LogP contribution in [0.2, 0.25) is 0 Å². The smallest absolute Gasteiger partial charge is 0.323 e. The molecule has 1 atom stereocenters. The van der Waals surface area contributed by atoms with Gasteiger partial charge in [0.2, 0.25) is 5.91 Å². The summed E-state index contributed by atoms with van der Waals surface area (Å²) >= 11 is 0. The van der Waals surface area contributed by atoms with Gasteiger partial charge in [-0.25, -0.2) is 0 Å². The molecule has 1 fully saturated rings. The minimum absolute atomic E-state index is 0.191. The van der Waals surface area contributed by atoms with Crippen molar-refractivity contribution < 1.29 is 14.3 Å². The third kappa shape index (κ3) is 5.90. The summed E-state index contributed by atoms with van der Waals surface area (Å²) in [6.07, 6.45) is 5.57. The first kappa shape index (κ1) is 17.0. The molecule has 1 aliphatic heterocycles. The maximum atomic E-state index is 12.0. The van der Waals surface area contributed by atoms with Crippen molar-refractivity contribution in [2.24, 2.45) is 0 Å². The van der Waals surface area contributed by atoms with E-state index in [1.54, 1.807) is 6.92 Å². The monoisotopic (exact) mass is 284 g/mol. The van der Waals surface area contributed by atoms with Crippen molar-refractivity contribution in [1.82, 2.24) is 10.2 Å². The summed E-state index contributed by atoms with van der Waals surface area (Å²) in [5.41, 5.74) is 0. The number of amides is 1. The van der Waals surface area contributed by atoms with E-state index in [0.717, 1.165) is 38.8 Å². The van der Waals surface area contributed by atoms with E-state index in [1.165, 1.54) is 6.42 Å². The minimum atomic E-state index is -0.283. The second-order valence-corrected chi connectivity index (χ2v) is 5.24. The number of piperidine rings is 1. The molecule has 0 radical (unpaired) electrons. The van der Waals surface area contributed by atoms with Crippen molar-refractivity contribution in [1.29, 1.82) is 0 Å². The lowest BCUT2D eigenvalue weighted by atomic mass is 10.1. The highest BCUT2D eigenvalue weighted by molar-refractivity contribution is 5.77. The zero-order chi connectivity index (χ0) is 14.8. The number of ether oxygens (including phenoxy) is 1. The average Bonchev–Trinajstić information content (AvgIpc) is 2.47. The second-order valence-electron chi connectivity index (χ2n) is 5.24. The summed E-state index contributed by atoms with van der Waals surface area (Å²) in [4.78, 5) is 25.7. The number of esters is 1. The van der Waals surface area contributed by atoms with Crippen LogP contribution < -0.4 is 5.32 Å². The van der Waals surface area contributed by atoms with Gasteiger partial charge in [0.15, 0.2) is 0 Å². The van der Waals surface area contributed by atoms with E-state index in [9.17, 15) is 9.59 Å². The number of likely N-dealkylation sites (tertiary alicyclic amines) is 1. The molecule has 116 valence electrons. The Morgan fingerprint density at radius 2 is 1.90 bits per heavy atom. The fourth-order valence-corrected chi connectivity index (χ4v) is 2.49. The Balaban J connectivity index is 2.28. The molecule has 1 unspecified atom stereocenters. The fraction of sp³-hybridized carbons (Fsp3) is 0.867. The van der Waals surface area contributed by atoms with E-state index < -0.39 is 0 Å². The van der Waals surface area contributed by atoms with Gasteiger partial charge in [-0.15, -0.1) is 0 Å². The normalized spacial score (nSPS) is 16.8. The first-order chi connectivity index (χ1) is 9.69. The number of nitrogens with zero attached hydrogens (tertiary/aromatic N) is 1. The molecule has 1 saturated heterocycles. The number of carbonyl (C=O) groups is 2. The summed E-state index contributed by atoms with van der Waals surface area (Å²) in [5.74, 6) is -0.0175. The van der Waals surface area contributed by atoms with E-state index >= 15 is 0 Å². The van der Waals surface area contributed by atoms with Gasteiger partial charge >= 0.3 is 5.97 Å². The van der Waals surface area contributed by atoms with Crippen LogP contribution in [0.4, 0.5) is 0 Å². The Kier molecular flexibility index (Phi) is 8.26. The molecule has 1 N–H and O–H groups in total. The molecule has 5 nitrogen and oxygen atoms in total. The molecule has 5 heteroatoms. The standard InChI is InChI=1S/C15H28N2O3/c1-3-8-13(15(19)20-4-2)16-10-9-14(18)17-11-6-5-7-12-17/h13,16H,3-12H2,1-2H3. The average molecular weight is 284 g/mol. The minimum Gasteiger partial charge on any atom is -0.465 e. The van der Waals surface area contributed by atoms with Crippen LogP contribution in [-0.2, 0) is 14.3 Å². The van der Waals surface area contributed by atoms with Crippen molar-refractivity contribution >= 4 is 11.9 Å². The number of nitrogens with one attached hydrogen (secondary N) is 1. The van der Waals surface area contributed by atoms with Gasteiger partial charge in [0, 0.05) is 26.1 Å². The molecular formula is C15H28N2O3. The van der Waals surface area contributed by atoms with E-state index in [0.29, 0.717) is 19.6 Å². The molecule has 20 heavy (non-hydrogen) atoms. The highest BCUT2D eigenvalue weighted by Crippen LogP contribution is 2.09. The van der Waals surface area contributed by atoms with Crippen LogP contribution in [0.1, 0.15) is 52.4 Å². The molecular weight excluding hydrogens is 256 g/mol. The number of hydrogen-bond donors (Lipinski definition) is 1. The first-order valence-corrected chi connectivity index (χ1v) is 7.86. The second kappa shape index (κ2) is 9.75. The summed E-state index contributed by atoms with van der Waals surface area (Å²) in [7, 11) is 0. The van der Waals surface area contributed by atoms with Crippen LogP contribution in [0.15, 0.2) is 0 Å². The van der Waals surface area contributed by atoms with Crippen LogP contribution in [0, 0.1) is 0 Å². The molecule has 0 aromatic carbocycles. The number of rotatable bonds is 8. The highest BCUT2D eigenvalue weighted by atomic mass is 16.5. The van der Waals surface area contributed by atoms with Gasteiger partial charge in [0.05, 0.1) is 6.61 Å². The quantitative estimate of drug-likeness (QED) is 0.689. The Morgan fingerprint density at radius 1 is 1.20 bits per heavy atom. The van der Waals surface area contributed by atoms with E-state index in [1.807, 2.05) is 11.8 Å². The lowest BCUT2D eigenvalue weighted by Crippen LogP contribution is -2.41. The molecule has 0 aromatic rings. The Bertz CT molecular complexity index is 301. The van der Waals surface area contributed by atoms with Crippen molar-refractivity contribution in [3.63, 3.8) is 0 Å². The third-order valence-electron chi connectivity index (χ3n) is 3.59. The van der Waals surface area contributed by atoms with Gasteiger partial charge in [-0.3, -0.25) is 9.59 Å². The van der Waals surface area contributed by atoms with Crippen molar-refractivity contribution in [2.45, 2.75) is 58.4 Å². The summed E-state index contributed by atoms with van der Waals surface area (Å²) in [5, 5.41) is 3.15. The maximum absolute atomic E-state index is 12.0. The van der Waals surface area contributed by atoms with Gasteiger partial charge in [0.1, 0.15) is 6.04 Å². The van der Waals surface area contributed by atoms with Gasteiger partial charge < -0.3 is 15.0 Å². The van der Waals surface area contributed by atoms with Crippen LogP contribution in [0.3, 0.4) is 0 Å². The zero-order valence-electron chi connectivity index (χ0n) is 12.8. The number of hydrogen-bond acceptors (Lipinski definition) is 4. The molecule has 0 saturated carbocycles. The maximum Gasteiger partial charge on any atom is 0.323 e. The summed E-state index contributed by atoms with van der Waals surface area (Å²) in [6, 6.07) is -0.283. The van der Waals surface area contributed by atoms with E-state index in [2.05, 4.69) is 5.32 Å². The molecule has 1 rings (SSSR count). The lowest BCUT2D eigenvalue weighted by Gasteiger charge is -2.27. The highest BCUT2D eigenvalue weighted by Gasteiger charge is 2.20. The van der Waals surface area contributed by atoms with Crippen LogP contribution in [0.5, 0.6) is 0 Å². The molecule has 1 amide bonds. The van der Waals surface area contributed by atoms with E-state index in [4.69, 9.17) is 4.74 Å². The lowest BCUT2D eigenvalue weighted by molar-refractivity contribution is -0.146. The zero-order valence-corrected chi connectivity index (χ0v) is 12.8. The Labute approximate surface area is 122 Å². The molecule has 0 bridgehead atoms. The van der Waals surface area contributed by atoms with Gasteiger partial charge in [-0.1, -0.05) is 13.3 Å². The molecule has 0 aromatic heterocycles. The van der Waals surface area contributed by atoms with Crippen LogP contribution in [-0.4, -0.2) is 49.1 Å². The summed E-state index contributed by atoms with van der Waals surface area (Å²) in [6.45, 7) is 6.55. The van der Waals surface area contributed by atoms with Crippen molar-refractivity contribution in [2.75, 3.05) is 26.2 Å². The van der Waals surface area contributed by atoms with Gasteiger partial charge in [0.25, 0.3) is 0 Å². The Morgan fingerprint density at radius 3 is 2.50 bits per heavy atom. The largest absolute Gasteiger partial charge is 0.465 e. The molecule has 0 spiro atoms. The first-order valence-electron chi connectivity index (χ1n) is 7.86. The predicted octanol–water partition coefficient (Wildman–Crippen LogP) is 1.71. The van der Waals surface area contributed by atoms with Crippen molar-refractivity contribution in [3.8, 4) is 0 Å². The van der Waals surface area contributed by atoms with Gasteiger partial charge in [-0.05, 0) is 32.6 Å². The molecule has 1 aliphatic rings. The SMILES string of the molecule is CCCC(NCCC(=O)N1CCCCC1)C(=O)OCC. The molecule has 1 heterocycles. The topological polar surface area (TPSA) is 58.6 Å². The summed E-state index contributed by atoms with van der Waals surface area (Å²) < 4.78 is 5.03. The number of carbonyl (C=O) groups excluding carboxylic acids is 2. The Hall–Kier alpha value is -1.10. The molecule has 0 aliphatic carbocycles. The van der Waals surface area contributed by atoms with E-state index in [-0.39, 0.29) is 17.9 Å². The van der Waals surface area contributed by atoms with Crippen molar-refractivity contribution in [3.05, 3.63) is 0 Å². The van der Waals surface area contributed by atoms with Crippen LogP contribution in [0.25, 0.3) is 0 Å². The van der Waals surface area contributed by atoms with Gasteiger partial charge in [-0.2, -0.15) is 0 Å². The third-order valence-corrected chi connectivity index (χ3v) is 3.59. The fourth-order valence-electron chi connectivity index (χ4n) is 2.49. The predicted molar refractivity (Wildman–Crippen MR) is 78.4 cm³/mol. The van der Waals surface area contributed by atoms with Crippen LogP contribution >= 0.6 is 0 Å².